The fourth-order valence-electron chi connectivity index (χ4n) is 4.56. The Morgan fingerprint density at radius 2 is 1.94 bits per heavy atom. The molecule has 0 saturated carbocycles. The van der Waals surface area contributed by atoms with Gasteiger partial charge in [0.05, 0.1) is 0 Å². The summed E-state index contributed by atoms with van der Waals surface area (Å²) >= 11 is 1.69. The van der Waals surface area contributed by atoms with Crippen molar-refractivity contribution >= 4 is 49.9 Å². The molecule has 2 unspecified atom stereocenters. The molecule has 0 fully saturated rings. The Hall–Kier alpha value is -3.57. The van der Waals surface area contributed by atoms with Crippen LogP contribution in [-0.4, -0.2) is 24.5 Å². The number of nitrogens with zero attached hydrogens (tertiary/aromatic N) is 2. The first-order valence-electron chi connectivity index (χ1n) is 11.1. The molecule has 3 aromatic carbocycles. The lowest BCUT2D eigenvalue weighted by atomic mass is 9.92. The quantitative estimate of drug-likeness (QED) is 0.197. The molecule has 1 aliphatic heterocycles. The van der Waals surface area contributed by atoms with Gasteiger partial charge in [-0.15, -0.1) is 11.3 Å². The standard InChI is InChI=1S/C28H25N3OS/c1-4-9-18-22-16-17(14-15-24(22)32-23(18)5-2)28(30-3)31-27(29)21-12-8-11-20-19-10-6-7-13-25(19)33-26(20)21/h4,6-16,18,23,29H,3,5H2,1-2H3/b9-4-,29-27?,31-28?. The van der Waals surface area contributed by atoms with E-state index < -0.39 is 0 Å². The predicted octanol–water partition coefficient (Wildman–Crippen LogP) is 7.36. The highest BCUT2D eigenvalue weighted by molar-refractivity contribution is 7.26. The lowest BCUT2D eigenvalue weighted by Crippen LogP contribution is -2.15. The van der Waals surface area contributed by atoms with Crippen LogP contribution in [0.2, 0.25) is 0 Å². The second-order valence-corrected chi connectivity index (χ2v) is 9.14. The molecule has 33 heavy (non-hydrogen) atoms. The summed E-state index contributed by atoms with van der Waals surface area (Å²) < 4.78 is 8.41. The Balaban J connectivity index is 1.55. The molecule has 5 rings (SSSR count). The Labute approximate surface area is 197 Å². The first kappa shape index (κ1) is 21.3. The number of ether oxygens (including phenoxy) is 1. The van der Waals surface area contributed by atoms with Gasteiger partial charge in [0.25, 0.3) is 0 Å². The summed E-state index contributed by atoms with van der Waals surface area (Å²) in [4.78, 5) is 8.80. The van der Waals surface area contributed by atoms with Gasteiger partial charge >= 0.3 is 0 Å². The van der Waals surface area contributed by atoms with E-state index in [4.69, 9.17) is 10.1 Å². The summed E-state index contributed by atoms with van der Waals surface area (Å²) in [6, 6.07) is 20.4. The van der Waals surface area contributed by atoms with E-state index in [0.29, 0.717) is 5.84 Å². The van der Waals surface area contributed by atoms with Crippen LogP contribution in [0.25, 0.3) is 20.2 Å². The summed E-state index contributed by atoms with van der Waals surface area (Å²) in [7, 11) is 0. The zero-order chi connectivity index (χ0) is 22.9. The largest absolute Gasteiger partial charge is 0.489 e. The summed E-state index contributed by atoms with van der Waals surface area (Å²) in [5.74, 6) is 1.73. The van der Waals surface area contributed by atoms with Crippen molar-refractivity contribution in [1.29, 1.82) is 5.41 Å². The molecule has 0 aliphatic carbocycles. The molecule has 2 heterocycles. The van der Waals surface area contributed by atoms with Gasteiger partial charge in [-0.25, -0.2) is 9.98 Å². The molecule has 0 bridgehead atoms. The number of hydrogen-bond acceptors (Lipinski definition) is 3. The van der Waals surface area contributed by atoms with E-state index in [9.17, 15) is 0 Å². The minimum absolute atomic E-state index is 0.132. The second kappa shape index (κ2) is 8.75. The van der Waals surface area contributed by atoms with Crippen molar-refractivity contribution in [3.63, 3.8) is 0 Å². The predicted molar refractivity (Wildman–Crippen MR) is 141 cm³/mol. The normalized spacial score (nSPS) is 18.1. The lowest BCUT2D eigenvalue weighted by Gasteiger charge is -2.13. The number of aliphatic imine (C=N–C) groups is 2. The molecule has 4 nitrogen and oxygen atoms in total. The number of nitrogens with one attached hydrogen (secondary N) is 1. The van der Waals surface area contributed by atoms with Gasteiger partial charge in [-0.05, 0) is 50.4 Å². The van der Waals surface area contributed by atoms with Crippen LogP contribution < -0.4 is 4.74 Å². The number of hydrogen-bond donors (Lipinski definition) is 1. The van der Waals surface area contributed by atoms with Gasteiger partial charge in [0, 0.05) is 42.8 Å². The van der Waals surface area contributed by atoms with Crippen molar-refractivity contribution in [1.82, 2.24) is 0 Å². The first-order valence-corrected chi connectivity index (χ1v) is 11.9. The van der Waals surface area contributed by atoms with Gasteiger partial charge in [-0.3, -0.25) is 5.41 Å². The number of thiophene rings is 1. The first-order chi connectivity index (χ1) is 16.1. The highest BCUT2D eigenvalue weighted by Gasteiger charge is 2.31. The lowest BCUT2D eigenvalue weighted by molar-refractivity contribution is 0.215. The third kappa shape index (κ3) is 3.68. The Kier molecular flexibility index (Phi) is 5.65. The Bertz CT molecular complexity index is 1450. The van der Waals surface area contributed by atoms with Crippen molar-refractivity contribution in [2.24, 2.45) is 9.98 Å². The summed E-state index contributed by atoms with van der Waals surface area (Å²) in [6.45, 7) is 7.91. The van der Waals surface area contributed by atoms with E-state index in [0.717, 1.165) is 38.9 Å². The number of amidine groups is 2. The number of fused-ring (bicyclic) bond motifs is 4. The fraction of sp³-hybridized carbons (Fsp3) is 0.179. The van der Waals surface area contributed by atoms with Crippen molar-refractivity contribution in [3.8, 4) is 5.75 Å². The van der Waals surface area contributed by atoms with E-state index in [-0.39, 0.29) is 17.9 Å². The van der Waals surface area contributed by atoms with Crippen LogP contribution in [0.5, 0.6) is 5.75 Å². The zero-order valence-corrected chi connectivity index (χ0v) is 19.5. The average molecular weight is 452 g/mol. The molecule has 0 radical (unpaired) electrons. The van der Waals surface area contributed by atoms with Crippen LogP contribution in [-0.2, 0) is 0 Å². The molecule has 0 spiro atoms. The minimum atomic E-state index is 0.132. The van der Waals surface area contributed by atoms with Crippen LogP contribution in [0, 0.1) is 5.41 Å². The minimum Gasteiger partial charge on any atom is -0.489 e. The summed E-state index contributed by atoms with van der Waals surface area (Å²) in [5.41, 5.74) is 2.77. The molecule has 164 valence electrons. The maximum atomic E-state index is 8.78. The molecule has 0 amide bonds. The highest BCUT2D eigenvalue weighted by atomic mass is 32.1. The van der Waals surface area contributed by atoms with Gasteiger partial charge in [0.1, 0.15) is 11.9 Å². The van der Waals surface area contributed by atoms with Crippen molar-refractivity contribution < 1.29 is 4.74 Å². The van der Waals surface area contributed by atoms with Crippen LogP contribution in [0.4, 0.5) is 0 Å². The van der Waals surface area contributed by atoms with Gasteiger partial charge < -0.3 is 4.74 Å². The second-order valence-electron chi connectivity index (χ2n) is 8.09. The van der Waals surface area contributed by atoms with Crippen LogP contribution >= 0.6 is 11.3 Å². The fourth-order valence-corrected chi connectivity index (χ4v) is 5.77. The van der Waals surface area contributed by atoms with Gasteiger partial charge in [-0.2, -0.15) is 0 Å². The molecule has 4 aromatic rings. The van der Waals surface area contributed by atoms with Crippen molar-refractivity contribution in [3.05, 3.63) is 89.5 Å². The maximum absolute atomic E-state index is 8.78. The Morgan fingerprint density at radius 3 is 2.73 bits per heavy atom. The number of rotatable bonds is 4. The SMILES string of the molecule is C=NC(=NC(=N)c1cccc2c1sc1ccccc12)c1ccc2c(c1)C(/C=C\C)C(CC)O2. The van der Waals surface area contributed by atoms with E-state index in [1.165, 1.54) is 10.1 Å². The zero-order valence-electron chi connectivity index (χ0n) is 18.7. The molecule has 1 aromatic heterocycles. The average Bonchev–Trinajstić information content (AvgIpc) is 3.40. The molecule has 2 atom stereocenters. The van der Waals surface area contributed by atoms with Gasteiger partial charge in [0.15, 0.2) is 11.7 Å². The smallest absolute Gasteiger partial charge is 0.161 e. The van der Waals surface area contributed by atoms with Crippen LogP contribution in [0.1, 0.15) is 42.9 Å². The van der Waals surface area contributed by atoms with E-state index in [1.54, 1.807) is 11.3 Å². The van der Waals surface area contributed by atoms with E-state index in [1.807, 2.05) is 43.3 Å². The number of allylic oxidation sites excluding steroid dienone is 1. The van der Waals surface area contributed by atoms with Crippen LogP contribution in [0.3, 0.4) is 0 Å². The Morgan fingerprint density at radius 1 is 1.12 bits per heavy atom. The highest BCUT2D eigenvalue weighted by Crippen LogP contribution is 2.41. The molecular weight excluding hydrogens is 426 g/mol. The third-order valence-electron chi connectivity index (χ3n) is 6.14. The summed E-state index contributed by atoms with van der Waals surface area (Å²) in [6.07, 6.45) is 5.32. The van der Waals surface area contributed by atoms with E-state index >= 15 is 0 Å². The topological polar surface area (TPSA) is 57.8 Å². The monoisotopic (exact) mass is 451 g/mol. The molecule has 1 N–H and O–H groups in total. The molecular formula is C28H25N3OS. The number of benzene rings is 3. The summed E-state index contributed by atoms with van der Waals surface area (Å²) in [5, 5.41) is 11.1. The van der Waals surface area contributed by atoms with Gasteiger partial charge in [0.2, 0.25) is 0 Å². The van der Waals surface area contributed by atoms with Gasteiger partial charge in [-0.1, -0.05) is 49.4 Å². The molecule has 0 saturated heterocycles. The third-order valence-corrected chi connectivity index (χ3v) is 7.35. The molecule has 1 aliphatic rings. The molecule has 5 heteroatoms. The maximum Gasteiger partial charge on any atom is 0.161 e. The van der Waals surface area contributed by atoms with Crippen LogP contribution in [0.15, 0.2) is 82.8 Å². The van der Waals surface area contributed by atoms with E-state index in [2.05, 4.69) is 60.0 Å². The van der Waals surface area contributed by atoms with Crippen molar-refractivity contribution in [2.45, 2.75) is 32.3 Å². The van der Waals surface area contributed by atoms with Crippen molar-refractivity contribution in [2.75, 3.05) is 0 Å².